The number of benzene rings is 3. The second-order valence-electron chi connectivity index (χ2n) is 7.90. The molecule has 0 unspecified atom stereocenters. The molecule has 0 aliphatic rings. The van der Waals surface area contributed by atoms with Gasteiger partial charge in [0, 0.05) is 5.41 Å². The van der Waals surface area contributed by atoms with Gasteiger partial charge >= 0.3 is 0 Å². The van der Waals surface area contributed by atoms with Crippen LogP contribution in [0, 0.1) is 5.41 Å². The predicted molar refractivity (Wildman–Crippen MR) is 127 cm³/mol. The third-order valence-electron chi connectivity index (χ3n) is 4.78. The topological polar surface area (TPSA) is 130 Å². The summed E-state index contributed by atoms with van der Waals surface area (Å²) in [6.07, 6.45) is 0. The van der Waals surface area contributed by atoms with Gasteiger partial charge in [-0.3, -0.25) is 12.5 Å². The van der Waals surface area contributed by atoms with Crippen molar-refractivity contribution in [2.75, 3.05) is 19.8 Å². The van der Waals surface area contributed by atoms with Crippen LogP contribution in [0.25, 0.3) is 0 Å². The molecule has 0 fully saturated rings. The van der Waals surface area contributed by atoms with Gasteiger partial charge in [-0.05, 0) is 36.4 Å². The minimum atomic E-state index is -4.22. The van der Waals surface area contributed by atoms with Crippen LogP contribution in [0.15, 0.2) is 106 Å². The summed E-state index contributed by atoms with van der Waals surface area (Å²) < 4.78 is 90.9. The first-order valence-corrected chi connectivity index (χ1v) is 14.5. The highest BCUT2D eigenvalue weighted by Crippen LogP contribution is 2.26. The standard InChI is InChI=1S/C23H24O9S3/c1-23(17-30-33(24,25)20-11-5-2-6-12-20,18-31-34(26,27)21-13-7-3-8-14-21)19-32-35(28,29)22-15-9-4-10-16-22/h2-16H,17-19H2,1H3. The average Bonchev–Trinajstić information content (AvgIpc) is 2.87. The van der Waals surface area contributed by atoms with E-state index in [1.807, 2.05) is 0 Å². The van der Waals surface area contributed by atoms with Crippen molar-refractivity contribution in [2.45, 2.75) is 21.6 Å². The lowest BCUT2D eigenvalue weighted by Crippen LogP contribution is -2.37. The fourth-order valence-electron chi connectivity index (χ4n) is 2.75. The van der Waals surface area contributed by atoms with Gasteiger partial charge in [0.15, 0.2) is 0 Å². The van der Waals surface area contributed by atoms with Crippen molar-refractivity contribution >= 4 is 30.4 Å². The Balaban J connectivity index is 1.81. The molecule has 35 heavy (non-hydrogen) atoms. The van der Waals surface area contributed by atoms with Gasteiger partial charge in [0.25, 0.3) is 30.4 Å². The molecule has 0 atom stereocenters. The van der Waals surface area contributed by atoms with Gasteiger partial charge in [-0.2, -0.15) is 25.3 Å². The van der Waals surface area contributed by atoms with E-state index in [1.54, 1.807) is 18.2 Å². The molecule has 0 heterocycles. The van der Waals surface area contributed by atoms with Crippen molar-refractivity contribution < 1.29 is 37.8 Å². The molecular weight excluding hydrogens is 516 g/mol. The Labute approximate surface area is 205 Å². The molecule has 3 aromatic carbocycles. The maximum absolute atomic E-state index is 12.6. The Kier molecular flexibility index (Phi) is 8.46. The van der Waals surface area contributed by atoms with Crippen LogP contribution in [0.1, 0.15) is 6.92 Å². The molecule has 3 rings (SSSR count). The van der Waals surface area contributed by atoms with Gasteiger partial charge in [-0.25, -0.2) is 0 Å². The highest BCUT2D eigenvalue weighted by Gasteiger charge is 2.34. The maximum atomic E-state index is 12.6. The normalized spacial score (nSPS) is 12.9. The zero-order valence-electron chi connectivity index (χ0n) is 18.7. The van der Waals surface area contributed by atoms with Crippen molar-refractivity contribution in [1.82, 2.24) is 0 Å². The van der Waals surface area contributed by atoms with E-state index < -0.39 is 55.6 Å². The van der Waals surface area contributed by atoms with Gasteiger partial charge in [-0.1, -0.05) is 61.5 Å². The molecule has 0 spiro atoms. The SMILES string of the molecule is CC(COS(=O)(=O)c1ccccc1)(COS(=O)(=O)c1ccccc1)COS(=O)(=O)c1ccccc1. The zero-order valence-corrected chi connectivity index (χ0v) is 21.1. The van der Waals surface area contributed by atoms with E-state index >= 15 is 0 Å². The Hall–Kier alpha value is -2.61. The summed E-state index contributed by atoms with van der Waals surface area (Å²) in [6.45, 7) is -0.439. The fraction of sp³-hybridized carbons (Fsp3) is 0.217. The summed E-state index contributed by atoms with van der Waals surface area (Å²) in [6, 6.07) is 22.0. The largest absolute Gasteiger partial charge is 0.296 e. The molecule has 0 bridgehead atoms. The zero-order chi connectivity index (χ0) is 25.6. The van der Waals surface area contributed by atoms with Gasteiger partial charge in [-0.15, -0.1) is 0 Å². The molecule has 0 aliphatic carbocycles. The third kappa shape index (κ3) is 7.43. The second-order valence-corrected chi connectivity index (χ2v) is 12.7. The smallest absolute Gasteiger partial charge is 0.266 e. The van der Waals surface area contributed by atoms with E-state index in [-0.39, 0.29) is 14.7 Å². The van der Waals surface area contributed by atoms with Gasteiger partial charge in [0.05, 0.1) is 34.5 Å². The molecule has 3 aromatic rings. The minimum absolute atomic E-state index is 0.113. The molecular formula is C23H24O9S3. The number of hydrogen-bond acceptors (Lipinski definition) is 9. The first-order chi connectivity index (χ1) is 16.4. The van der Waals surface area contributed by atoms with Crippen LogP contribution >= 0.6 is 0 Å². The maximum Gasteiger partial charge on any atom is 0.296 e. The Morgan fingerprint density at radius 2 is 0.714 bits per heavy atom. The summed E-state index contributed by atoms with van der Waals surface area (Å²) in [4.78, 5) is -0.339. The average molecular weight is 541 g/mol. The summed E-state index contributed by atoms with van der Waals surface area (Å²) in [5.41, 5.74) is -1.49. The van der Waals surface area contributed by atoms with Crippen molar-refractivity contribution in [3.63, 3.8) is 0 Å². The Morgan fingerprint density at radius 1 is 0.486 bits per heavy atom. The van der Waals surface area contributed by atoms with Gasteiger partial charge in [0.1, 0.15) is 0 Å². The minimum Gasteiger partial charge on any atom is -0.266 e. The lowest BCUT2D eigenvalue weighted by atomic mass is 9.95. The summed E-state index contributed by atoms with van der Waals surface area (Å²) >= 11 is 0. The molecule has 9 nitrogen and oxygen atoms in total. The van der Waals surface area contributed by atoms with E-state index in [4.69, 9.17) is 12.5 Å². The predicted octanol–water partition coefficient (Wildman–Crippen LogP) is 3.21. The summed E-state index contributed by atoms with van der Waals surface area (Å²) in [5.74, 6) is 0. The molecule has 0 amide bonds. The van der Waals surface area contributed by atoms with Gasteiger partial charge < -0.3 is 0 Å². The molecule has 0 aliphatic heterocycles. The Bertz CT molecular complexity index is 1240. The molecule has 0 aromatic heterocycles. The number of rotatable bonds is 12. The first kappa shape index (κ1) is 27.0. The van der Waals surface area contributed by atoms with Gasteiger partial charge in [0.2, 0.25) is 0 Å². The van der Waals surface area contributed by atoms with E-state index in [2.05, 4.69) is 0 Å². The van der Waals surface area contributed by atoms with Crippen molar-refractivity contribution in [3.05, 3.63) is 91.0 Å². The van der Waals surface area contributed by atoms with E-state index in [9.17, 15) is 25.3 Å². The Morgan fingerprint density at radius 3 is 0.943 bits per heavy atom. The van der Waals surface area contributed by atoms with Crippen LogP contribution < -0.4 is 0 Å². The summed E-state index contributed by atoms with van der Waals surface area (Å²) in [7, 11) is -12.6. The van der Waals surface area contributed by atoms with Crippen LogP contribution in [0.4, 0.5) is 0 Å². The van der Waals surface area contributed by atoms with Crippen LogP contribution in [-0.2, 0) is 42.9 Å². The van der Waals surface area contributed by atoms with Crippen LogP contribution in [0.5, 0.6) is 0 Å². The lowest BCUT2D eigenvalue weighted by Gasteiger charge is -2.28. The number of hydrogen-bond donors (Lipinski definition) is 0. The van der Waals surface area contributed by atoms with Crippen molar-refractivity contribution in [2.24, 2.45) is 5.41 Å². The monoisotopic (exact) mass is 540 g/mol. The highest BCUT2D eigenvalue weighted by atomic mass is 32.2. The molecule has 188 valence electrons. The van der Waals surface area contributed by atoms with Crippen LogP contribution in [-0.4, -0.2) is 45.1 Å². The van der Waals surface area contributed by atoms with Crippen molar-refractivity contribution in [1.29, 1.82) is 0 Å². The lowest BCUT2D eigenvalue weighted by molar-refractivity contribution is 0.0548. The van der Waals surface area contributed by atoms with E-state index in [1.165, 1.54) is 79.7 Å². The first-order valence-electron chi connectivity index (χ1n) is 10.3. The molecule has 0 saturated heterocycles. The quantitative estimate of drug-likeness (QED) is 0.318. The molecule has 0 N–H and O–H groups in total. The van der Waals surface area contributed by atoms with Crippen molar-refractivity contribution in [3.8, 4) is 0 Å². The van der Waals surface area contributed by atoms with E-state index in [0.29, 0.717) is 0 Å². The van der Waals surface area contributed by atoms with Crippen LogP contribution in [0.3, 0.4) is 0 Å². The molecule has 12 heteroatoms. The molecule has 0 saturated carbocycles. The summed E-state index contributed by atoms with van der Waals surface area (Å²) in [5, 5.41) is 0. The highest BCUT2D eigenvalue weighted by molar-refractivity contribution is 7.87. The van der Waals surface area contributed by atoms with E-state index in [0.717, 1.165) is 0 Å². The fourth-order valence-corrected chi connectivity index (χ4v) is 5.95. The van der Waals surface area contributed by atoms with Crippen LogP contribution in [0.2, 0.25) is 0 Å². The second kappa shape index (κ2) is 11.0. The molecule has 0 radical (unpaired) electrons. The third-order valence-corrected chi connectivity index (χ3v) is 8.62.